The second-order valence-corrected chi connectivity index (χ2v) is 7.41. The van der Waals surface area contributed by atoms with Crippen LogP contribution >= 0.6 is 15.9 Å². The van der Waals surface area contributed by atoms with Crippen LogP contribution in [-0.2, 0) is 16.6 Å². The SMILES string of the molecule is O=S(=O)(NCc1ccc(-c2ccoc2)nc1)c1ccccc1Br. The van der Waals surface area contributed by atoms with Gasteiger partial charge in [-0.05, 0) is 45.8 Å². The fraction of sp³-hybridized carbons (Fsp3) is 0.0625. The Hall–Kier alpha value is -1.96. The minimum atomic E-state index is -3.58. The van der Waals surface area contributed by atoms with Crippen LogP contribution in [0.15, 0.2) is 75.0 Å². The van der Waals surface area contributed by atoms with Crippen LogP contribution in [0.1, 0.15) is 5.56 Å². The summed E-state index contributed by atoms with van der Waals surface area (Å²) < 4.78 is 32.7. The molecule has 0 saturated heterocycles. The van der Waals surface area contributed by atoms with E-state index >= 15 is 0 Å². The van der Waals surface area contributed by atoms with Crippen LogP contribution in [0.3, 0.4) is 0 Å². The summed E-state index contributed by atoms with van der Waals surface area (Å²) in [5.41, 5.74) is 2.43. The van der Waals surface area contributed by atoms with Gasteiger partial charge < -0.3 is 4.42 Å². The first kappa shape index (κ1) is 15.9. The molecule has 0 unspecified atom stereocenters. The molecule has 5 nitrogen and oxygen atoms in total. The number of halogens is 1. The van der Waals surface area contributed by atoms with Crippen molar-refractivity contribution in [1.82, 2.24) is 9.71 Å². The van der Waals surface area contributed by atoms with Gasteiger partial charge in [0.2, 0.25) is 10.0 Å². The Morgan fingerprint density at radius 3 is 2.61 bits per heavy atom. The van der Waals surface area contributed by atoms with E-state index in [1.807, 2.05) is 18.2 Å². The number of furan rings is 1. The van der Waals surface area contributed by atoms with Crippen molar-refractivity contribution in [2.75, 3.05) is 0 Å². The zero-order valence-electron chi connectivity index (χ0n) is 11.9. The number of nitrogens with one attached hydrogen (secondary N) is 1. The minimum absolute atomic E-state index is 0.169. The maximum absolute atomic E-state index is 12.3. The Kier molecular flexibility index (Phi) is 4.61. The van der Waals surface area contributed by atoms with Gasteiger partial charge in [-0.1, -0.05) is 18.2 Å². The summed E-state index contributed by atoms with van der Waals surface area (Å²) in [6.07, 6.45) is 4.83. The van der Waals surface area contributed by atoms with Gasteiger partial charge in [0.05, 0.1) is 23.1 Å². The monoisotopic (exact) mass is 392 g/mol. The van der Waals surface area contributed by atoms with E-state index in [0.717, 1.165) is 16.8 Å². The van der Waals surface area contributed by atoms with Gasteiger partial charge in [-0.2, -0.15) is 0 Å². The number of benzene rings is 1. The third kappa shape index (κ3) is 3.69. The molecular formula is C16H13BrN2O3S. The molecule has 2 aromatic heterocycles. The van der Waals surface area contributed by atoms with Gasteiger partial charge in [0, 0.05) is 22.8 Å². The molecule has 1 N–H and O–H groups in total. The second-order valence-electron chi connectivity index (χ2n) is 4.82. The van der Waals surface area contributed by atoms with E-state index in [9.17, 15) is 8.42 Å². The van der Waals surface area contributed by atoms with Gasteiger partial charge in [-0.25, -0.2) is 13.1 Å². The van der Waals surface area contributed by atoms with Crippen LogP contribution in [0.5, 0.6) is 0 Å². The Balaban J connectivity index is 1.72. The molecule has 0 radical (unpaired) electrons. The van der Waals surface area contributed by atoms with Gasteiger partial charge in [0.15, 0.2) is 0 Å². The molecule has 0 atom stereocenters. The first-order chi connectivity index (χ1) is 11.1. The van der Waals surface area contributed by atoms with Crippen molar-refractivity contribution in [2.24, 2.45) is 0 Å². The van der Waals surface area contributed by atoms with E-state index in [1.54, 1.807) is 43.0 Å². The molecule has 118 valence electrons. The highest BCUT2D eigenvalue weighted by molar-refractivity contribution is 9.10. The molecule has 3 aromatic rings. The number of hydrogen-bond acceptors (Lipinski definition) is 4. The summed E-state index contributed by atoms with van der Waals surface area (Å²) in [6, 6.07) is 12.2. The highest BCUT2D eigenvalue weighted by Gasteiger charge is 2.16. The predicted octanol–water partition coefficient (Wildman–Crippen LogP) is 3.58. The molecule has 0 saturated carbocycles. The van der Waals surface area contributed by atoms with Crippen molar-refractivity contribution in [1.29, 1.82) is 0 Å². The van der Waals surface area contributed by atoms with Crippen LogP contribution in [0, 0.1) is 0 Å². The predicted molar refractivity (Wildman–Crippen MR) is 90.1 cm³/mol. The average Bonchev–Trinajstić information content (AvgIpc) is 3.08. The smallest absolute Gasteiger partial charge is 0.241 e. The molecule has 3 rings (SSSR count). The minimum Gasteiger partial charge on any atom is -0.472 e. The highest BCUT2D eigenvalue weighted by atomic mass is 79.9. The maximum atomic E-state index is 12.3. The molecule has 23 heavy (non-hydrogen) atoms. The summed E-state index contributed by atoms with van der Waals surface area (Å²) in [5.74, 6) is 0. The molecule has 0 aliphatic rings. The van der Waals surface area contributed by atoms with E-state index < -0.39 is 10.0 Å². The van der Waals surface area contributed by atoms with Crippen LogP contribution in [0.25, 0.3) is 11.3 Å². The molecule has 0 aliphatic carbocycles. The molecule has 0 amide bonds. The van der Waals surface area contributed by atoms with E-state index in [1.165, 1.54) is 0 Å². The number of sulfonamides is 1. The normalized spacial score (nSPS) is 11.5. The van der Waals surface area contributed by atoms with Crippen LogP contribution in [0.2, 0.25) is 0 Å². The quantitative estimate of drug-likeness (QED) is 0.719. The number of pyridine rings is 1. The summed E-state index contributed by atoms with van der Waals surface area (Å²) in [6.45, 7) is 0.169. The van der Waals surface area contributed by atoms with E-state index in [-0.39, 0.29) is 11.4 Å². The van der Waals surface area contributed by atoms with Crippen molar-refractivity contribution < 1.29 is 12.8 Å². The number of rotatable bonds is 5. The van der Waals surface area contributed by atoms with Crippen molar-refractivity contribution in [2.45, 2.75) is 11.4 Å². The number of aromatic nitrogens is 1. The maximum Gasteiger partial charge on any atom is 0.241 e. The topological polar surface area (TPSA) is 72.2 Å². The van der Waals surface area contributed by atoms with Crippen molar-refractivity contribution in [3.05, 3.63) is 71.2 Å². The van der Waals surface area contributed by atoms with E-state index in [2.05, 4.69) is 25.6 Å². The summed E-state index contributed by atoms with van der Waals surface area (Å²) in [5, 5.41) is 0. The third-order valence-electron chi connectivity index (χ3n) is 3.23. The van der Waals surface area contributed by atoms with Gasteiger partial charge in [0.25, 0.3) is 0 Å². The van der Waals surface area contributed by atoms with Gasteiger partial charge in [0.1, 0.15) is 0 Å². The van der Waals surface area contributed by atoms with Gasteiger partial charge in [-0.3, -0.25) is 4.98 Å². The Morgan fingerprint density at radius 1 is 1.13 bits per heavy atom. The lowest BCUT2D eigenvalue weighted by molar-refractivity contribution is 0.568. The summed E-state index contributed by atoms with van der Waals surface area (Å²) >= 11 is 3.25. The summed E-state index contributed by atoms with van der Waals surface area (Å²) in [4.78, 5) is 4.52. The fourth-order valence-electron chi connectivity index (χ4n) is 2.03. The molecule has 0 fully saturated rings. The molecular weight excluding hydrogens is 380 g/mol. The lowest BCUT2D eigenvalue weighted by atomic mass is 10.2. The number of hydrogen-bond donors (Lipinski definition) is 1. The highest BCUT2D eigenvalue weighted by Crippen LogP contribution is 2.21. The molecule has 1 aromatic carbocycles. The standard InChI is InChI=1S/C16H13BrN2O3S/c17-14-3-1-2-4-16(14)23(20,21)19-10-12-5-6-15(18-9-12)13-7-8-22-11-13/h1-9,11,19H,10H2. The zero-order chi connectivity index (χ0) is 16.3. The van der Waals surface area contributed by atoms with Gasteiger partial charge in [-0.15, -0.1) is 0 Å². The molecule has 2 heterocycles. The zero-order valence-corrected chi connectivity index (χ0v) is 14.3. The van der Waals surface area contributed by atoms with E-state index in [4.69, 9.17) is 4.42 Å². The molecule has 0 spiro atoms. The molecule has 0 bridgehead atoms. The Bertz CT molecular complexity index is 891. The van der Waals surface area contributed by atoms with Crippen LogP contribution < -0.4 is 4.72 Å². The van der Waals surface area contributed by atoms with Gasteiger partial charge >= 0.3 is 0 Å². The summed E-state index contributed by atoms with van der Waals surface area (Å²) in [7, 11) is -3.58. The van der Waals surface area contributed by atoms with Crippen LogP contribution in [-0.4, -0.2) is 13.4 Å². The third-order valence-corrected chi connectivity index (χ3v) is 5.65. The van der Waals surface area contributed by atoms with Crippen molar-refractivity contribution >= 4 is 26.0 Å². The first-order valence-corrected chi connectivity index (χ1v) is 9.05. The first-order valence-electron chi connectivity index (χ1n) is 6.78. The molecule has 0 aliphatic heterocycles. The number of nitrogens with zero attached hydrogens (tertiary/aromatic N) is 1. The second kappa shape index (κ2) is 6.66. The molecule has 7 heteroatoms. The largest absolute Gasteiger partial charge is 0.472 e. The Labute approximate surface area is 142 Å². The lowest BCUT2D eigenvalue weighted by Gasteiger charge is -2.08. The Morgan fingerprint density at radius 2 is 1.96 bits per heavy atom. The fourth-order valence-corrected chi connectivity index (χ4v) is 4.05. The van der Waals surface area contributed by atoms with Crippen LogP contribution in [0.4, 0.5) is 0 Å². The van der Waals surface area contributed by atoms with E-state index in [0.29, 0.717) is 4.47 Å². The van der Waals surface area contributed by atoms with Crippen molar-refractivity contribution in [3.63, 3.8) is 0 Å². The lowest BCUT2D eigenvalue weighted by Crippen LogP contribution is -2.23. The average molecular weight is 393 g/mol. The van der Waals surface area contributed by atoms with Crippen molar-refractivity contribution in [3.8, 4) is 11.3 Å².